The molecule has 0 N–H and O–H groups in total. The minimum atomic E-state index is -0.447. The van der Waals surface area contributed by atoms with Crippen LogP contribution in [0.3, 0.4) is 0 Å². The molecular weight excluding hydrogens is 362 g/mol. The fourth-order valence-corrected chi connectivity index (χ4v) is 3.44. The normalized spacial score (nSPS) is 11.5. The van der Waals surface area contributed by atoms with Gasteiger partial charge in [0.1, 0.15) is 0 Å². The van der Waals surface area contributed by atoms with E-state index in [1.807, 2.05) is 19.9 Å². The van der Waals surface area contributed by atoms with Crippen molar-refractivity contribution in [3.8, 4) is 11.8 Å². The molecule has 0 saturated heterocycles. The topological polar surface area (TPSA) is 71.9 Å². The van der Waals surface area contributed by atoms with Crippen LogP contribution < -0.4 is 0 Å². The van der Waals surface area contributed by atoms with Gasteiger partial charge >= 0.3 is 0 Å². The number of aryl methyl sites for hydroxylation is 1. The van der Waals surface area contributed by atoms with Gasteiger partial charge in [0.05, 0.1) is 16.6 Å². The van der Waals surface area contributed by atoms with Crippen LogP contribution in [-0.2, 0) is 0 Å². The lowest BCUT2D eigenvalue weighted by molar-refractivity contribution is -0.384. The Morgan fingerprint density at radius 3 is 2.24 bits per heavy atom. The lowest BCUT2D eigenvalue weighted by atomic mass is 10.0. The molecule has 0 aliphatic rings. The summed E-state index contributed by atoms with van der Waals surface area (Å²) in [6.07, 6.45) is 1.84. The van der Waals surface area contributed by atoms with Crippen LogP contribution in [0.1, 0.15) is 47.8 Å². The average Bonchev–Trinajstić information content (AvgIpc) is 2.99. The van der Waals surface area contributed by atoms with Crippen molar-refractivity contribution >= 4 is 17.3 Å². The molecule has 5 nitrogen and oxygen atoms in total. The van der Waals surface area contributed by atoms with Crippen LogP contribution in [0.15, 0.2) is 54.6 Å². The molecule has 5 heteroatoms. The Balaban J connectivity index is 2.00. The van der Waals surface area contributed by atoms with Crippen LogP contribution in [0.2, 0.25) is 0 Å². The van der Waals surface area contributed by atoms with E-state index in [0.29, 0.717) is 17.1 Å². The molecule has 146 valence electrons. The zero-order valence-electron chi connectivity index (χ0n) is 17.0. The predicted octanol–water partition coefficient (Wildman–Crippen LogP) is 6.19. The third kappa shape index (κ3) is 4.12. The van der Waals surface area contributed by atoms with Gasteiger partial charge in [-0.25, -0.2) is 0 Å². The molecule has 1 heterocycles. The maximum Gasteiger partial charge on any atom is 0.269 e. The van der Waals surface area contributed by atoms with Crippen molar-refractivity contribution in [2.75, 3.05) is 0 Å². The molecule has 0 spiro atoms. The lowest BCUT2D eigenvalue weighted by Crippen LogP contribution is -1.99. The number of nitriles is 1. The van der Waals surface area contributed by atoms with Crippen LogP contribution in [0.5, 0.6) is 0 Å². The van der Waals surface area contributed by atoms with Gasteiger partial charge in [0, 0.05) is 29.2 Å². The third-order valence-corrected chi connectivity index (χ3v) is 5.10. The summed E-state index contributed by atoms with van der Waals surface area (Å²) in [6, 6.07) is 18.8. The van der Waals surface area contributed by atoms with Crippen molar-refractivity contribution in [1.29, 1.82) is 5.26 Å². The van der Waals surface area contributed by atoms with Gasteiger partial charge < -0.3 is 4.57 Å². The highest BCUT2D eigenvalue weighted by atomic mass is 16.6. The van der Waals surface area contributed by atoms with Crippen LogP contribution in [-0.4, -0.2) is 9.49 Å². The number of nitro groups is 1. The van der Waals surface area contributed by atoms with E-state index in [2.05, 4.69) is 54.8 Å². The van der Waals surface area contributed by atoms with Gasteiger partial charge in [0.2, 0.25) is 0 Å². The largest absolute Gasteiger partial charge is 0.318 e. The fourth-order valence-electron chi connectivity index (χ4n) is 3.44. The quantitative estimate of drug-likeness (QED) is 0.299. The maximum absolute atomic E-state index is 10.8. The molecule has 2 aromatic carbocycles. The molecule has 0 unspecified atom stereocenters. The summed E-state index contributed by atoms with van der Waals surface area (Å²) in [7, 11) is 0. The summed E-state index contributed by atoms with van der Waals surface area (Å²) in [6.45, 7) is 8.41. The molecule has 0 bridgehead atoms. The van der Waals surface area contributed by atoms with E-state index in [-0.39, 0.29) is 5.69 Å². The van der Waals surface area contributed by atoms with Crippen molar-refractivity contribution in [3.63, 3.8) is 0 Å². The summed E-state index contributed by atoms with van der Waals surface area (Å²) < 4.78 is 2.17. The van der Waals surface area contributed by atoms with Gasteiger partial charge in [-0.1, -0.05) is 26.0 Å². The van der Waals surface area contributed by atoms with Gasteiger partial charge in [-0.15, -0.1) is 0 Å². The predicted molar refractivity (Wildman–Crippen MR) is 116 cm³/mol. The molecule has 0 fully saturated rings. The van der Waals surface area contributed by atoms with E-state index in [1.54, 1.807) is 12.1 Å². The minimum Gasteiger partial charge on any atom is -0.318 e. The van der Waals surface area contributed by atoms with Crippen molar-refractivity contribution in [2.24, 2.45) is 0 Å². The zero-order chi connectivity index (χ0) is 21.1. The first-order valence-corrected chi connectivity index (χ1v) is 9.47. The summed E-state index contributed by atoms with van der Waals surface area (Å²) in [4.78, 5) is 10.4. The molecule has 3 aromatic rings. The number of allylic oxidation sites excluding steroid dienone is 1. The first kappa shape index (κ1) is 20.1. The van der Waals surface area contributed by atoms with Gasteiger partial charge in [0.25, 0.3) is 5.69 Å². The maximum atomic E-state index is 10.8. The first-order chi connectivity index (χ1) is 13.8. The van der Waals surface area contributed by atoms with E-state index in [1.165, 1.54) is 17.7 Å². The summed E-state index contributed by atoms with van der Waals surface area (Å²) in [5, 5.41) is 20.5. The van der Waals surface area contributed by atoms with E-state index in [9.17, 15) is 15.4 Å². The Hall–Kier alpha value is -3.65. The Morgan fingerprint density at radius 1 is 1.10 bits per heavy atom. The summed E-state index contributed by atoms with van der Waals surface area (Å²) in [5.41, 5.74) is 6.57. The van der Waals surface area contributed by atoms with Crippen molar-refractivity contribution in [1.82, 2.24) is 4.57 Å². The molecular formula is C24H23N3O2. The van der Waals surface area contributed by atoms with Crippen molar-refractivity contribution < 1.29 is 4.92 Å². The molecule has 0 aliphatic carbocycles. The van der Waals surface area contributed by atoms with Gasteiger partial charge in [-0.05, 0) is 72.9 Å². The van der Waals surface area contributed by atoms with E-state index < -0.39 is 4.92 Å². The number of non-ortho nitro benzene ring substituents is 1. The van der Waals surface area contributed by atoms with Crippen LogP contribution in [0, 0.1) is 35.3 Å². The highest BCUT2D eigenvalue weighted by Gasteiger charge is 2.12. The molecule has 1 aromatic heterocycles. The Morgan fingerprint density at radius 2 is 1.72 bits per heavy atom. The first-order valence-electron chi connectivity index (χ1n) is 9.47. The van der Waals surface area contributed by atoms with Crippen molar-refractivity contribution in [2.45, 2.75) is 33.6 Å². The minimum absolute atomic E-state index is 0.00839. The molecule has 3 rings (SSSR count). The summed E-state index contributed by atoms with van der Waals surface area (Å²) >= 11 is 0. The van der Waals surface area contributed by atoms with E-state index in [4.69, 9.17) is 0 Å². The Labute approximate surface area is 170 Å². The monoisotopic (exact) mass is 385 g/mol. The second-order valence-corrected chi connectivity index (χ2v) is 7.38. The molecule has 0 aliphatic heterocycles. The van der Waals surface area contributed by atoms with Crippen LogP contribution in [0.25, 0.3) is 17.3 Å². The van der Waals surface area contributed by atoms with Gasteiger partial charge in [0.15, 0.2) is 0 Å². The molecule has 29 heavy (non-hydrogen) atoms. The smallest absolute Gasteiger partial charge is 0.269 e. The van der Waals surface area contributed by atoms with E-state index in [0.717, 1.165) is 22.6 Å². The standard InChI is InChI=1S/C24H23N3O2/c1-16(2)19-5-9-23(10-6-19)26-17(3)13-21(18(26)4)14-22(15-25)20-7-11-24(12-8-20)27(28)29/h5-14,16H,1-4H3/b22-14-. The highest BCUT2D eigenvalue weighted by Crippen LogP contribution is 2.27. The Kier molecular flexibility index (Phi) is 5.65. The number of aromatic nitrogens is 1. The average molecular weight is 385 g/mol. The third-order valence-electron chi connectivity index (χ3n) is 5.10. The second kappa shape index (κ2) is 8.15. The molecule has 0 saturated carbocycles. The number of hydrogen-bond donors (Lipinski definition) is 0. The number of rotatable bonds is 5. The molecule has 0 atom stereocenters. The number of nitrogens with zero attached hydrogens (tertiary/aromatic N) is 3. The second-order valence-electron chi connectivity index (χ2n) is 7.38. The molecule has 0 radical (unpaired) electrons. The number of hydrogen-bond acceptors (Lipinski definition) is 3. The fraction of sp³-hybridized carbons (Fsp3) is 0.208. The SMILES string of the molecule is Cc1cc(/C=C(/C#N)c2ccc([N+](=O)[O-])cc2)c(C)n1-c1ccc(C(C)C)cc1. The van der Waals surface area contributed by atoms with Gasteiger partial charge in [-0.2, -0.15) is 5.26 Å². The number of nitro benzene ring substituents is 1. The van der Waals surface area contributed by atoms with Crippen LogP contribution in [0.4, 0.5) is 5.69 Å². The van der Waals surface area contributed by atoms with Crippen LogP contribution >= 0.6 is 0 Å². The number of benzene rings is 2. The van der Waals surface area contributed by atoms with Gasteiger partial charge in [-0.3, -0.25) is 10.1 Å². The highest BCUT2D eigenvalue weighted by molar-refractivity contribution is 5.90. The summed E-state index contributed by atoms with van der Waals surface area (Å²) in [5.74, 6) is 0.481. The van der Waals surface area contributed by atoms with E-state index >= 15 is 0 Å². The zero-order valence-corrected chi connectivity index (χ0v) is 17.0. The van der Waals surface area contributed by atoms with Crippen molar-refractivity contribution in [3.05, 3.63) is 92.8 Å². The Bertz CT molecular complexity index is 1110. The molecule has 0 amide bonds. The lowest BCUT2D eigenvalue weighted by Gasteiger charge is -2.12.